The minimum absolute atomic E-state index is 0.0542. The zero-order chi connectivity index (χ0) is 14.7. The van der Waals surface area contributed by atoms with Gasteiger partial charge < -0.3 is 9.30 Å². The van der Waals surface area contributed by atoms with Crippen LogP contribution in [0.25, 0.3) is 0 Å². The number of benzene rings is 1. The molecule has 0 saturated heterocycles. The standard InChI is InChI=1S/C12H12N4O4/c1-8-13-14-12(15(8)2)7-20-11-4-3-9(6-17)5-10(11)16(18)19/h3-6H,7H2,1-2H3. The average Bonchev–Trinajstić information content (AvgIpc) is 2.76. The average molecular weight is 276 g/mol. The molecule has 0 aliphatic heterocycles. The highest BCUT2D eigenvalue weighted by atomic mass is 16.6. The summed E-state index contributed by atoms with van der Waals surface area (Å²) in [6, 6.07) is 4.02. The number of carbonyl (C=O) groups excluding carboxylic acids is 1. The second-order valence-electron chi connectivity index (χ2n) is 4.11. The SMILES string of the molecule is Cc1nnc(COc2ccc(C=O)cc2[N+](=O)[O-])n1C. The van der Waals surface area contributed by atoms with E-state index >= 15 is 0 Å². The molecule has 0 saturated carbocycles. The molecule has 20 heavy (non-hydrogen) atoms. The third-order valence-electron chi connectivity index (χ3n) is 2.86. The Kier molecular flexibility index (Phi) is 3.74. The van der Waals surface area contributed by atoms with E-state index in [4.69, 9.17) is 4.74 Å². The number of aryl methyl sites for hydroxylation is 1. The molecule has 0 amide bonds. The molecule has 104 valence electrons. The Labute approximate surface area is 114 Å². The molecule has 2 aromatic rings. The number of aldehydes is 1. The fourth-order valence-corrected chi connectivity index (χ4v) is 1.59. The van der Waals surface area contributed by atoms with E-state index in [0.717, 1.165) is 5.82 Å². The number of nitro groups is 1. The first-order valence-electron chi connectivity index (χ1n) is 5.74. The summed E-state index contributed by atoms with van der Waals surface area (Å²) in [5.41, 5.74) is -0.0351. The van der Waals surface area contributed by atoms with Crippen molar-refractivity contribution < 1.29 is 14.5 Å². The van der Waals surface area contributed by atoms with E-state index in [2.05, 4.69) is 10.2 Å². The number of ether oxygens (including phenoxy) is 1. The molecule has 1 aromatic carbocycles. The van der Waals surface area contributed by atoms with Crippen LogP contribution in [0.15, 0.2) is 18.2 Å². The number of nitrogens with zero attached hydrogens (tertiary/aromatic N) is 4. The van der Waals surface area contributed by atoms with Gasteiger partial charge in [-0.05, 0) is 19.1 Å². The predicted molar refractivity (Wildman–Crippen MR) is 68.6 cm³/mol. The van der Waals surface area contributed by atoms with Gasteiger partial charge in [0.05, 0.1) is 4.92 Å². The van der Waals surface area contributed by atoms with Crippen LogP contribution in [0.2, 0.25) is 0 Å². The van der Waals surface area contributed by atoms with E-state index in [-0.39, 0.29) is 23.6 Å². The summed E-state index contributed by atoms with van der Waals surface area (Å²) in [5, 5.41) is 18.7. The van der Waals surface area contributed by atoms with Crippen molar-refractivity contribution in [3.63, 3.8) is 0 Å². The number of carbonyl (C=O) groups is 1. The molecule has 0 bridgehead atoms. The van der Waals surface area contributed by atoms with Gasteiger partial charge in [0.15, 0.2) is 11.6 Å². The van der Waals surface area contributed by atoms with Crippen LogP contribution in [0, 0.1) is 17.0 Å². The Hall–Kier alpha value is -2.77. The zero-order valence-corrected chi connectivity index (χ0v) is 10.9. The van der Waals surface area contributed by atoms with E-state index in [1.807, 2.05) is 0 Å². The molecule has 0 aliphatic carbocycles. The number of nitro benzene ring substituents is 1. The predicted octanol–water partition coefficient (Wildman–Crippen LogP) is 1.42. The molecule has 1 heterocycles. The van der Waals surface area contributed by atoms with Gasteiger partial charge in [-0.15, -0.1) is 10.2 Å². The van der Waals surface area contributed by atoms with E-state index in [1.54, 1.807) is 18.5 Å². The van der Waals surface area contributed by atoms with E-state index in [9.17, 15) is 14.9 Å². The highest BCUT2D eigenvalue weighted by Crippen LogP contribution is 2.28. The summed E-state index contributed by atoms with van der Waals surface area (Å²) < 4.78 is 7.13. The maximum atomic E-state index is 10.9. The van der Waals surface area contributed by atoms with Crippen LogP contribution >= 0.6 is 0 Å². The Morgan fingerprint density at radius 1 is 1.45 bits per heavy atom. The first-order chi connectivity index (χ1) is 9.52. The van der Waals surface area contributed by atoms with Crippen molar-refractivity contribution in [1.82, 2.24) is 14.8 Å². The lowest BCUT2D eigenvalue weighted by molar-refractivity contribution is -0.386. The minimum atomic E-state index is -0.593. The summed E-state index contributed by atoms with van der Waals surface area (Å²) in [4.78, 5) is 21.0. The highest BCUT2D eigenvalue weighted by Gasteiger charge is 2.17. The van der Waals surface area contributed by atoms with E-state index in [1.165, 1.54) is 18.2 Å². The third kappa shape index (κ3) is 2.63. The van der Waals surface area contributed by atoms with Gasteiger partial charge in [0.1, 0.15) is 18.7 Å². The van der Waals surface area contributed by atoms with Crippen LogP contribution in [0.4, 0.5) is 5.69 Å². The molecule has 0 radical (unpaired) electrons. The van der Waals surface area contributed by atoms with Crippen molar-refractivity contribution in [3.05, 3.63) is 45.5 Å². The molecule has 1 aromatic heterocycles. The van der Waals surface area contributed by atoms with Crippen molar-refractivity contribution in [2.45, 2.75) is 13.5 Å². The van der Waals surface area contributed by atoms with Crippen LogP contribution in [0.1, 0.15) is 22.0 Å². The number of hydrogen-bond donors (Lipinski definition) is 0. The molecule has 0 atom stereocenters. The van der Waals surface area contributed by atoms with Crippen molar-refractivity contribution in [2.75, 3.05) is 0 Å². The van der Waals surface area contributed by atoms with Crippen molar-refractivity contribution in [2.24, 2.45) is 7.05 Å². The minimum Gasteiger partial charge on any atom is -0.479 e. The molecule has 0 spiro atoms. The molecule has 0 N–H and O–H groups in total. The van der Waals surface area contributed by atoms with Crippen LogP contribution in [0.5, 0.6) is 5.75 Å². The topological polar surface area (TPSA) is 100 Å². The van der Waals surface area contributed by atoms with Crippen LogP contribution < -0.4 is 4.74 Å². The fraction of sp³-hybridized carbons (Fsp3) is 0.250. The van der Waals surface area contributed by atoms with Crippen LogP contribution in [-0.2, 0) is 13.7 Å². The fourth-order valence-electron chi connectivity index (χ4n) is 1.59. The Morgan fingerprint density at radius 2 is 2.20 bits per heavy atom. The summed E-state index contributed by atoms with van der Waals surface area (Å²) in [6.07, 6.45) is 0.544. The van der Waals surface area contributed by atoms with E-state index in [0.29, 0.717) is 12.1 Å². The van der Waals surface area contributed by atoms with Gasteiger partial charge in [-0.1, -0.05) is 0 Å². The number of hydrogen-bond acceptors (Lipinski definition) is 6. The molecule has 8 heteroatoms. The molecule has 8 nitrogen and oxygen atoms in total. The van der Waals surface area contributed by atoms with Crippen molar-refractivity contribution in [3.8, 4) is 5.75 Å². The lowest BCUT2D eigenvalue weighted by Crippen LogP contribution is -2.05. The maximum absolute atomic E-state index is 10.9. The Morgan fingerprint density at radius 3 is 2.75 bits per heavy atom. The van der Waals surface area contributed by atoms with Gasteiger partial charge >= 0.3 is 5.69 Å². The van der Waals surface area contributed by atoms with Gasteiger partial charge in [-0.2, -0.15) is 0 Å². The van der Waals surface area contributed by atoms with Gasteiger partial charge in [0.2, 0.25) is 0 Å². The first-order valence-corrected chi connectivity index (χ1v) is 5.74. The van der Waals surface area contributed by atoms with Crippen molar-refractivity contribution >= 4 is 12.0 Å². The molecule has 0 fully saturated rings. The zero-order valence-electron chi connectivity index (χ0n) is 10.9. The largest absolute Gasteiger partial charge is 0.479 e. The lowest BCUT2D eigenvalue weighted by atomic mass is 10.2. The normalized spacial score (nSPS) is 10.3. The summed E-state index contributed by atoms with van der Waals surface area (Å²) >= 11 is 0. The molecule has 0 aliphatic rings. The van der Waals surface area contributed by atoms with Crippen LogP contribution in [0.3, 0.4) is 0 Å². The summed E-state index contributed by atoms with van der Waals surface area (Å²) in [6.45, 7) is 1.84. The van der Waals surface area contributed by atoms with E-state index < -0.39 is 4.92 Å². The Balaban J connectivity index is 2.23. The Bertz CT molecular complexity index is 665. The lowest BCUT2D eigenvalue weighted by Gasteiger charge is -2.06. The quantitative estimate of drug-likeness (QED) is 0.465. The van der Waals surface area contributed by atoms with Gasteiger partial charge in [0.25, 0.3) is 0 Å². The molecule has 2 rings (SSSR count). The second kappa shape index (κ2) is 5.47. The highest BCUT2D eigenvalue weighted by molar-refractivity contribution is 5.77. The first kappa shape index (κ1) is 13.7. The van der Waals surface area contributed by atoms with Gasteiger partial charge in [-0.3, -0.25) is 14.9 Å². The molecular formula is C12H12N4O4. The maximum Gasteiger partial charge on any atom is 0.311 e. The summed E-state index contributed by atoms with van der Waals surface area (Å²) in [5.74, 6) is 1.35. The number of aromatic nitrogens is 3. The second-order valence-corrected chi connectivity index (χ2v) is 4.11. The van der Waals surface area contributed by atoms with Gasteiger partial charge in [0, 0.05) is 18.7 Å². The van der Waals surface area contributed by atoms with Crippen LogP contribution in [-0.4, -0.2) is 26.0 Å². The smallest absolute Gasteiger partial charge is 0.311 e. The molecule has 0 unspecified atom stereocenters. The molecular weight excluding hydrogens is 264 g/mol. The van der Waals surface area contributed by atoms with Gasteiger partial charge in [-0.25, -0.2) is 0 Å². The third-order valence-corrected chi connectivity index (χ3v) is 2.86. The van der Waals surface area contributed by atoms with Crippen molar-refractivity contribution in [1.29, 1.82) is 0 Å². The monoisotopic (exact) mass is 276 g/mol. The number of rotatable bonds is 5. The summed E-state index contributed by atoms with van der Waals surface area (Å²) in [7, 11) is 1.78.